The summed E-state index contributed by atoms with van der Waals surface area (Å²) in [4.78, 5) is 17.5. The number of methoxy groups -OCH3 is 1. The number of aromatic nitrogens is 5. The van der Waals surface area contributed by atoms with E-state index in [9.17, 15) is 9.18 Å². The van der Waals surface area contributed by atoms with Crippen LogP contribution in [-0.2, 0) is 13.0 Å². The number of ether oxygens (including phenoxy) is 1. The van der Waals surface area contributed by atoms with E-state index >= 15 is 0 Å². The van der Waals surface area contributed by atoms with Gasteiger partial charge in [0.2, 0.25) is 0 Å². The molecule has 0 amide bonds. The molecule has 0 aliphatic rings. The van der Waals surface area contributed by atoms with Crippen molar-refractivity contribution in [2.45, 2.75) is 19.9 Å². The smallest absolute Gasteiger partial charge is 0.334 e. The highest BCUT2D eigenvalue weighted by atomic mass is 19.1. The molecule has 8 heteroatoms. The van der Waals surface area contributed by atoms with Crippen LogP contribution in [0.1, 0.15) is 18.2 Å². The average Bonchev–Trinajstić information content (AvgIpc) is 3.39. The summed E-state index contributed by atoms with van der Waals surface area (Å²) in [5, 5.41) is 6.79. The molecule has 1 aromatic carbocycles. The largest absolute Gasteiger partial charge is 0.494 e. The van der Waals surface area contributed by atoms with Gasteiger partial charge in [-0.1, -0.05) is 13.0 Å². The van der Waals surface area contributed by atoms with Crippen LogP contribution in [0.15, 0.2) is 59.9 Å². The van der Waals surface area contributed by atoms with Crippen molar-refractivity contribution >= 4 is 0 Å². The van der Waals surface area contributed by atoms with Gasteiger partial charge >= 0.3 is 5.69 Å². The van der Waals surface area contributed by atoms with Crippen LogP contribution in [0.25, 0.3) is 16.9 Å². The Bertz CT molecular complexity index is 1190. The number of nitrogens with zero attached hydrogens (tertiary/aromatic N) is 4. The lowest BCUT2D eigenvalue weighted by Gasteiger charge is -2.09. The van der Waals surface area contributed by atoms with Crippen molar-refractivity contribution in [3.8, 4) is 22.7 Å². The monoisotopic (exact) mass is 393 g/mol. The van der Waals surface area contributed by atoms with Crippen LogP contribution in [0, 0.1) is 5.82 Å². The van der Waals surface area contributed by atoms with Crippen LogP contribution in [0.4, 0.5) is 4.39 Å². The van der Waals surface area contributed by atoms with Gasteiger partial charge in [-0.2, -0.15) is 5.10 Å². The number of hydrogen-bond donors (Lipinski definition) is 1. The Labute approximate surface area is 166 Å². The molecule has 0 saturated carbocycles. The summed E-state index contributed by atoms with van der Waals surface area (Å²) in [7, 11) is 1.41. The predicted octanol–water partition coefficient (Wildman–Crippen LogP) is 3.18. The average molecular weight is 393 g/mol. The fourth-order valence-corrected chi connectivity index (χ4v) is 3.26. The second-order valence-electron chi connectivity index (χ2n) is 6.55. The normalized spacial score (nSPS) is 11.0. The van der Waals surface area contributed by atoms with E-state index in [0.29, 0.717) is 12.4 Å². The van der Waals surface area contributed by atoms with Gasteiger partial charge in [-0.15, -0.1) is 0 Å². The Morgan fingerprint density at radius 2 is 2.07 bits per heavy atom. The van der Waals surface area contributed by atoms with Crippen molar-refractivity contribution < 1.29 is 9.13 Å². The van der Waals surface area contributed by atoms with E-state index < -0.39 is 5.82 Å². The Hall–Kier alpha value is -3.68. The van der Waals surface area contributed by atoms with Gasteiger partial charge < -0.3 is 4.74 Å². The van der Waals surface area contributed by atoms with Gasteiger partial charge in [0.05, 0.1) is 25.5 Å². The molecule has 0 aliphatic heterocycles. The van der Waals surface area contributed by atoms with E-state index in [1.54, 1.807) is 35.3 Å². The topological polar surface area (TPSA) is 77.7 Å². The van der Waals surface area contributed by atoms with Gasteiger partial charge in [-0.25, -0.2) is 14.2 Å². The third-order valence-corrected chi connectivity index (χ3v) is 4.77. The van der Waals surface area contributed by atoms with Gasteiger partial charge in [0.25, 0.3) is 0 Å². The van der Waals surface area contributed by atoms with Crippen molar-refractivity contribution in [3.63, 3.8) is 0 Å². The number of rotatable bonds is 6. The quantitative estimate of drug-likeness (QED) is 0.546. The van der Waals surface area contributed by atoms with Gasteiger partial charge in [0.1, 0.15) is 5.82 Å². The minimum atomic E-state index is -0.435. The second-order valence-corrected chi connectivity index (χ2v) is 6.55. The standard InChI is InChI=1S/C21H20FN5O2/c1-3-18-16(15-11-23-24-12-15)5-7-20(25-18)27-9-8-26(21(27)28)13-14-4-6-17(22)19(10-14)29-2/h4-12H,3,13H2,1-2H3,(H,23,24). The zero-order chi connectivity index (χ0) is 20.4. The van der Waals surface area contributed by atoms with Crippen LogP contribution < -0.4 is 10.4 Å². The summed E-state index contributed by atoms with van der Waals surface area (Å²) < 4.78 is 21.7. The van der Waals surface area contributed by atoms with E-state index in [1.807, 2.05) is 25.3 Å². The molecule has 148 valence electrons. The highest BCUT2D eigenvalue weighted by Crippen LogP contribution is 2.23. The summed E-state index contributed by atoms with van der Waals surface area (Å²) in [6, 6.07) is 8.32. The minimum absolute atomic E-state index is 0.152. The Morgan fingerprint density at radius 1 is 1.21 bits per heavy atom. The molecule has 3 heterocycles. The Kier molecular flexibility index (Phi) is 4.99. The molecule has 4 aromatic rings. The molecule has 29 heavy (non-hydrogen) atoms. The maximum Gasteiger partial charge on any atom is 0.334 e. The number of pyridine rings is 1. The highest BCUT2D eigenvalue weighted by molar-refractivity contribution is 5.65. The molecule has 0 radical (unpaired) electrons. The molecular formula is C21H20FN5O2. The maximum absolute atomic E-state index is 13.6. The highest BCUT2D eigenvalue weighted by Gasteiger charge is 2.12. The molecule has 0 atom stereocenters. The lowest BCUT2D eigenvalue weighted by molar-refractivity contribution is 0.385. The first-order valence-corrected chi connectivity index (χ1v) is 9.20. The Balaban J connectivity index is 1.66. The van der Waals surface area contributed by atoms with E-state index in [2.05, 4.69) is 15.2 Å². The molecule has 3 aromatic heterocycles. The second kappa shape index (κ2) is 7.75. The van der Waals surface area contributed by atoms with Crippen molar-refractivity contribution in [1.82, 2.24) is 24.3 Å². The molecule has 0 fully saturated rings. The molecule has 7 nitrogen and oxygen atoms in total. The van der Waals surface area contributed by atoms with Crippen LogP contribution in [0.5, 0.6) is 5.75 Å². The fourth-order valence-electron chi connectivity index (χ4n) is 3.26. The number of benzene rings is 1. The molecule has 4 rings (SSSR count). The van der Waals surface area contributed by atoms with E-state index in [0.717, 1.165) is 28.8 Å². The van der Waals surface area contributed by atoms with E-state index in [1.165, 1.54) is 17.7 Å². The van der Waals surface area contributed by atoms with E-state index in [-0.39, 0.29) is 11.4 Å². The number of aromatic amines is 1. The zero-order valence-corrected chi connectivity index (χ0v) is 16.1. The summed E-state index contributed by atoms with van der Waals surface area (Å²) in [5.41, 5.74) is 3.36. The van der Waals surface area contributed by atoms with Gasteiger partial charge in [0.15, 0.2) is 11.6 Å². The zero-order valence-electron chi connectivity index (χ0n) is 16.1. The molecule has 0 unspecified atom stereocenters. The number of nitrogens with one attached hydrogen (secondary N) is 1. The minimum Gasteiger partial charge on any atom is -0.494 e. The first kappa shape index (κ1) is 18.7. The third-order valence-electron chi connectivity index (χ3n) is 4.77. The Morgan fingerprint density at radius 3 is 2.79 bits per heavy atom. The summed E-state index contributed by atoms with van der Waals surface area (Å²) >= 11 is 0. The first-order chi connectivity index (χ1) is 14.1. The number of H-pyrrole nitrogens is 1. The third kappa shape index (κ3) is 3.56. The SMILES string of the molecule is CCc1nc(-n2ccn(Cc3ccc(F)c(OC)c3)c2=O)ccc1-c1cn[nH]c1. The molecule has 0 bridgehead atoms. The number of imidazole rings is 1. The number of aryl methyl sites for hydroxylation is 1. The van der Waals surface area contributed by atoms with Crippen LogP contribution in [0.3, 0.4) is 0 Å². The lowest BCUT2D eigenvalue weighted by atomic mass is 10.1. The lowest BCUT2D eigenvalue weighted by Crippen LogP contribution is -2.24. The molecule has 0 saturated heterocycles. The number of halogens is 1. The predicted molar refractivity (Wildman–Crippen MR) is 107 cm³/mol. The molecule has 0 spiro atoms. The summed E-state index contributed by atoms with van der Waals surface area (Å²) in [6.45, 7) is 2.32. The van der Waals surface area contributed by atoms with Gasteiger partial charge in [-0.05, 0) is 36.2 Å². The summed E-state index contributed by atoms with van der Waals surface area (Å²) in [5.74, 6) is 0.267. The van der Waals surface area contributed by atoms with Crippen molar-refractivity contribution in [2.75, 3.05) is 7.11 Å². The van der Waals surface area contributed by atoms with Crippen LogP contribution in [-0.4, -0.2) is 31.4 Å². The number of hydrogen-bond acceptors (Lipinski definition) is 4. The van der Waals surface area contributed by atoms with Crippen molar-refractivity contribution in [3.05, 3.63) is 82.7 Å². The summed E-state index contributed by atoms with van der Waals surface area (Å²) in [6.07, 6.45) is 7.65. The van der Waals surface area contributed by atoms with Crippen molar-refractivity contribution in [1.29, 1.82) is 0 Å². The fraction of sp³-hybridized carbons (Fsp3) is 0.190. The maximum atomic E-state index is 13.6. The van der Waals surface area contributed by atoms with Crippen LogP contribution >= 0.6 is 0 Å². The van der Waals surface area contributed by atoms with Gasteiger partial charge in [0, 0.05) is 29.7 Å². The van der Waals surface area contributed by atoms with E-state index in [4.69, 9.17) is 4.74 Å². The molecule has 0 aliphatic carbocycles. The molecular weight excluding hydrogens is 373 g/mol. The van der Waals surface area contributed by atoms with Crippen LogP contribution in [0.2, 0.25) is 0 Å². The molecule has 1 N–H and O–H groups in total. The van der Waals surface area contributed by atoms with Crippen molar-refractivity contribution in [2.24, 2.45) is 0 Å². The van der Waals surface area contributed by atoms with Gasteiger partial charge in [-0.3, -0.25) is 14.2 Å². The first-order valence-electron chi connectivity index (χ1n) is 9.20.